The van der Waals surface area contributed by atoms with Crippen LogP contribution in [0.4, 0.5) is 23.2 Å². The number of benzene rings is 1. The Morgan fingerprint density at radius 1 is 1.23 bits per heavy atom. The van der Waals surface area contributed by atoms with Crippen LogP contribution in [0.2, 0.25) is 0 Å². The van der Waals surface area contributed by atoms with E-state index in [0.717, 1.165) is 31.2 Å². The molecule has 39 heavy (non-hydrogen) atoms. The van der Waals surface area contributed by atoms with Crippen molar-refractivity contribution < 1.29 is 27.2 Å². The summed E-state index contributed by atoms with van der Waals surface area (Å²) in [6.45, 7) is 1.84. The minimum Gasteiger partial charge on any atom is -0.347 e. The molecule has 0 radical (unpaired) electrons. The molecular weight excluding hydrogens is 514 g/mol. The third kappa shape index (κ3) is 5.06. The van der Waals surface area contributed by atoms with Crippen molar-refractivity contribution >= 4 is 17.5 Å². The third-order valence-corrected chi connectivity index (χ3v) is 7.11. The Hall–Kier alpha value is -4.33. The second kappa shape index (κ2) is 9.76. The second-order valence-corrected chi connectivity index (χ2v) is 9.84. The molecule has 2 aliphatic rings. The lowest BCUT2D eigenvalue weighted by molar-refractivity contribution is -0.140. The zero-order valence-electron chi connectivity index (χ0n) is 20.8. The van der Waals surface area contributed by atoms with Gasteiger partial charge in [-0.2, -0.15) is 18.4 Å². The zero-order valence-corrected chi connectivity index (χ0v) is 20.8. The van der Waals surface area contributed by atoms with Gasteiger partial charge in [0.05, 0.1) is 6.07 Å². The number of carbonyl (C=O) groups is 2. The van der Waals surface area contributed by atoms with Gasteiger partial charge < -0.3 is 10.2 Å². The molecule has 1 atom stereocenters. The topological polar surface area (TPSA) is 99.0 Å². The van der Waals surface area contributed by atoms with E-state index in [4.69, 9.17) is 0 Å². The van der Waals surface area contributed by atoms with Gasteiger partial charge in [-0.25, -0.2) is 9.37 Å². The summed E-state index contributed by atoms with van der Waals surface area (Å²) >= 11 is 0. The predicted molar refractivity (Wildman–Crippen MR) is 133 cm³/mol. The Morgan fingerprint density at radius 3 is 2.69 bits per heavy atom. The molecule has 0 spiro atoms. The van der Waals surface area contributed by atoms with Crippen molar-refractivity contribution in [2.45, 2.75) is 38.9 Å². The van der Waals surface area contributed by atoms with Gasteiger partial charge in [0.15, 0.2) is 5.69 Å². The molecule has 1 aliphatic carbocycles. The summed E-state index contributed by atoms with van der Waals surface area (Å²) in [5.74, 6) is -1.59. The van der Waals surface area contributed by atoms with Crippen LogP contribution in [0.25, 0.3) is 11.1 Å². The van der Waals surface area contributed by atoms with E-state index in [-0.39, 0.29) is 40.8 Å². The zero-order chi connectivity index (χ0) is 27.9. The number of alkyl halides is 3. The average molecular weight is 538 g/mol. The monoisotopic (exact) mass is 537 g/mol. The number of hydrogen-bond acceptors (Lipinski definition) is 5. The number of hydrogen-bond donors (Lipinski definition) is 1. The number of rotatable bonds is 6. The van der Waals surface area contributed by atoms with Crippen molar-refractivity contribution in [2.24, 2.45) is 11.3 Å². The first kappa shape index (κ1) is 26.3. The highest BCUT2D eigenvalue weighted by Crippen LogP contribution is 2.52. The van der Waals surface area contributed by atoms with Gasteiger partial charge >= 0.3 is 6.18 Å². The number of halogens is 4. The number of nitrogens with one attached hydrogen (secondary N) is 1. The van der Waals surface area contributed by atoms with Crippen LogP contribution in [0.15, 0.2) is 48.7 Å². The van der Waals surface area contributed by atoms with Gasteiger partial charge in [0.1, 0.15) is 16.9 Å². The maximum atomic E-state index is 14.4. The molecule has 1 saturated heterocycles. The lowest BCUT2D eigenvalue weighted by atomic mass is 9.83. The molecule has 3 heterocycles. The van der Waals surface area contributed by atoms with Crippen LogP contribution >= 0.6 is 0 Å². The fourth-order valence-corrected chi connectivity index (χ4v) is 5.10. The van der Waals surface area contributed by atoms with Gasteiger partial charge in [0.25, 0.3) is 5.91 Å². The van der Waals surface area contributed by atoms with Gasteiger partial charge in [-0.3, -0.25) is 14.6 Å². The number of pyridine rings is 2. The second-order valence-electron chi connectivity index (χ2n) is 9.84. The van der Waals surface area contributed by atoms with Crippen LogP contribution in [0.5, 0.6) is 0 Å². The van der Waals surface area contributed by atoms with Crippen LogP contribution in [0, 0.1) is 35.4 Å². The van der Waals surface area contributed by atoms with Crippen LogP contribution in [0.1, 0.15) is 46.7 Å². The summed E-state index contributed by atoms with van der Waals surface area (Å²) in [6, 6.07) is 11.3. The molecule has 1 N–H and O–H groups in total. The number of anilines is 1. The van der Waals surface area contributed by atoms with E-state index >= 15 is 0 Å². The van der Waals surface area contributed by atoms with Crippen molar-refractivity contribution in [1.82, 2.24) is 15.3 Å². The normalized spacial score (nSPS) is 19.2. The molecule has 200 valence electrons. The lowest BCUT2D eigenvalue weighted by Gasteiger charge is -2.21. The smallest absolute Gasteiger partial charge is 0.347 e. The minimum absolute atomic E-state index is 0.0157. The summed E-state index contributed by atoms with van der Waals surface area (Å²) in [4.78, 5) is 35.3. The minimum atomic E-state index is -4.73. The Morgan fingerprint density at radius 2 is 2.00 bits per heavy atom. The third-order valence-electron chi connectivity index (χ3n) is 7.11. The summed E-state index contributed by atoms with van der Waals surface area (Å²) < 4.78 is 54.6. The highest BCUT2D eigenvalue weighted by atomic mass is 19.4. The maximum absolute atomic E-state index is 14.4. The number of amides is 2. The van der Waals surface area contributed by atoms with E-state index in [9.17, 15) is 32.4 Å². The fraction of sp³-hybridized carbons (Fsp3) is 0.321. The van der Waals surface area contributed by atoms with Crippen molar-refractivity contribution in [3.05, 3.63) is 77.1 Å². The molecule has 1 saturated carbocycles. The quantitative estimate of drug-likeness (QED) is 0.436. The largest absolute Gasteiger partial charge is 0.433 e. The first-order valence-electron chi connectivity index (χ1n) is 12.3. The Labute approximate surface area is 221 Å². The van der Waals surface area contributed by atoms with E-state index in [1.807, 2.05) is 0 Å². The molecule has 2 aromatic heterocycles. The first-order chi connectivity index (χ1) is 18.5. The van der Waals surface area contributed by atoms with E-state index < -0.39 is 29.0 Å². The summed E-state index contributed by atoms with van der Waals surface area (Å²) in [5, 5.41) is 12.4. The first-order valence-corrected chi connectivity index (χ1v) is 12.3. The van der Waals surface area contributed by atoms with Gasteiger partial charge in [-0.15, -0.1) is 0 Å². The van der Waals surface area contributed by atoms with Crippen molar-refractivity contribution in [3.63, 3.8) is 0 Å². The summed E-state index contributed by atoms with van der Waals surface area (Å²) in [5.41, 5.74) is -1.29. The van der Waals surface area contributed by atoms with E-state index in [1.165, 1.54) is 29.2 Å². The summed E-state index contributed by atoms with van der Waals surface area (Å²) in [6.07, 6.45) is -1.61. The highest BCUT2D eigenvalue weighted by molar-refractivity contribution is 6.03. The van der Waals surface area contributed by atoms with Gasteiger partial charge in [-0.1, -0.05) is 6.07 Å². The van der Waals surface area contributed by atoms with Crippen LogP contribution in [0.3, 0.4) is 0 Å². The standard InChI is InChI=1S/C28H23F4N5O2/c1-16-9-21(37-8-6-27(15-33,26(37)39)19-4-5-19)13-23(36-16)25(38)35-14-17-10-18(12-20(29)11-17)22-3-2-7-34-24(22)28(30,31)32/h2-3,7,9-13,19H,4-6,8,14H2,1H3,(H,35,38). The van der Waals surface area contributed by atoms with Crippen molar-refractivity contribution in [3.8, 4) is 17.2 Å². The number of carbonyl (C=O) groups excluding carboxylic acids is 2. The molecule has 11 heteroatoms. The molecule has 0 bridgehead atoms. The lowest BCUT2D eigenvalue weighted by Crippen LogP contribution is -2.35. The predicted octanol–water partition coefficient (Wildman–Crippen LogP) is 5.20. The highest BCUT2D eigenvalue weighted by Gasteiger charge is 2.56. The number of nitrogens with zero attached hydrogens (tertiary/aromatic N) is 4. The maximum Gasteiger partial charge on any atom is 0.433 e. The van der Waals surface area contributed by atoms with Crippen molar-refractivity contribution in [2.75, 3.05) is 11.4 Å². The molecule has 1 aliphatic heterocycles. The van der Waals surface area contributed by atoms with E-state index in [1.54, 1.807) is 13.0 Å². The number of aryl methyl sites for hydroxylation is 1. The molecule has 2 amide bonds. The van der Waals surface area contributed by atoms with Crippen LogP contribution < -0.4 is 10.2 Å². The number of aromatic nitrogens is 2. The Balaban J connectivity index is 1.35. The van der Waals surface area contributed by atoms with Gasteiger partial charge in [0, 0.05) is 36.2 Å². The summed E-state index contributed by atoms with van der Waals surface area (Å²) in [7, 11) is 0. The molecule has 1 aromatic carbocycles. The molecule has 2 fully saturated rings. The molecule has 7 nitrogen and oxygen atoms in total. The Kier molecular flexibility index (Phi) is 6.58. The molecule has 5 rings (SSSR count). The van der Waals surface area contributed by atoms with E-state index in [0.29, 0.717) is 24.3 Å². The van der Waals surface area contributed by atoms with Crippen molar-refractivity contribution in [1.29, 1.82) is 5.26 Å². The number of nitriles is 1. The fourth-order valence-electron chi connectivity index (χ4n) is 5.10. The van der Waals surface area contributed by atoms with Crippen LogP contribution in [-0.2, 0) is 17.5 Å². The van der Waals surface area contributed by atoms with Gasteiger partial charge in [0.2, 0.25) is 5.91 Å². The van der Waals surface area contributed by atoms with E-state index in [2.05, 4.69) is 21.4 Å². The molecule has 3 aromatic rings. The SMILES string of the molecule is Cc1cc(N2CCC(C#N)(C3CC3)C2=O)cc(C(=O)NCc2cc(F)cc(-c3cccnc3C(F)(F)F)c2)n1. The Bertz CT molecular complexity index is 1510. The molecular formula is C28H23F4N5O2. The van der Waals surface area contributed by atoms with Gasteiger partial charge in [-0.05, 0) is 79.6 Å². The van der Waals surface area contributed by atoms with Crippen LogP contribution in [-0.4, -0.2) is 28.3 Å². The average Bonchev–Trinajstić information content (AvgIpc) is 3.69. The molecule has 1 unspecified atom stereocenters.